The van der Waals surface area contributed by atoms with Crippen molar-refractivity contribution in [2.45, 2.75) is 33.6 Å². The standard InChI is InChI=1S/C10H19NO2S/c1-8(2)9(12)10(3)4-6-14(11,13)7-5-10/h8,11H,4-7H2,1-3H3. The van der Waals surface area contributed by atoms with Crippen LogP contribution in [0.1, 0.15) is 33.6 Å². The highest BCUT2D eigenvalue weighted by atomic mass is 32.2. The molecule has 0 spiro atoms. The third-order valence-corrected chi connectivity index (χ3v) is 4.81. The molecule has 3 nitrogen and oxygen atoms in total. The average molecular weight is 217 g/mol. The van der Waals surface area contributed by atoms with Crippen molar-refractivity contribution in [2.24, 2.45) is 11.3 Å². The van der Waals surface area contributed by atoms with Gasteiger partial charge in [0.1, 0.15) is 5.78 Å². The lowest BCUT2D eigenvalue weighted by Crippen LogP contribution is -2.39. The number of carbonyl (C=O) groups is 1. The number of carbonyl (C=O) groups excluding carboxylic acids is 1. The molecule has 1 aliphatic heterocycles. The fourth-order valence-electron chi connectivity index (χ4n) is 1.95. The van der Waals surface area contributed by atoms with Crippen molar-refractivity contribution in [3.8, 4) is 0 Å². The Kier molecular flexibility index (Phi) is 3.04. The van der Waals surface area contributed by atoms with E-state index in [0.29, 0.717) is 24.3 Å². The van der Waals surface area contributed by atoms with Gasteiger partial charge in [-0.1, -0.05) is 20.8 Å². The van der Waals surface area contributed by atoms with Gasteiger partial charge in [0.15, 0.2) is 0 Å². The summed E-state index contributed by atoms with van der Waals surface area (Å²) >= 11 is 0. The van der Waals surface area contributed by atoms with Gasteiger partial charge in [-0.2, -0.15) is 0 Å². The molecule has 0 radical (unpaired) electrons. The lowest BCUT2D eigenvalue weighted by molar-refractivity contribution is -0.131. The van der Waals surface area contributed by atoms with Crippen LogP contribution >= 0.6 is 0 Å². The molecule has 4 heteroatoms. The van der Waals surface area contributed by atoms with Gasteiger partial charge in [0.2, 0.25) is 0 Å². The Hall–Kier alpha value is -0.380. The van der Waals surface area contributed by atoms with Crippen LogP contribution < -0.4 is 0 Å². The minimum absolute atomic E-state index is 0.0416. The van der Waals surface area contributed by atoms with Crippen LogP contribution in [0, 0.1) is 16.1 Å². The predicted molar refractivity (Wildman–Crippen MR) is 57.8 cm³/mol. The van der Waals surface area contributed by atoms with Crippen LogP contribution in [-0.4, -0.2) is 21.5 Å². The van der Waals surface area contributed by atoms with Crippen LogP contribution in [0.25, 0.3) is 0 Å². The molecule has 1 aliphatic rings. The van der Waals surface area contributed by atoms with Crippen molar-refractivity contribution in [3.63, 3.8) is 0 Å². The molecule has 14 heavy (non-hydrogen) atoms. The van der Waals surface area contributed by atoms with E-state index in [1.807, 2.05) is 20.8 Å². The van der Waals surface area contributed by atoms with Crippen molar-refractivity contribution in [1.82, 2.24) is 0 Å². The largest absolute Gasteiger partial charge is 0.299 e. The molecule has 1 rings (SSSR count). The summed E-state index contributed by atoms with van der Waals surface area (Å²) in [4.78, 5) is 11.9. The van der Waals surface area contributed by atoms with Crippen LogP contribution in [-0.2, 0) is 14.5 Å². The van der Waals surface area contributed by atoms with Crippen molar-refractivity contribution in [3.05, 3.63) is 0 Å². The third-order valence-electron chi connectivity index (χ3n) is 3.09. The molecule has 0 aromatic rings. The van der Waals surface area contributed by atoms with E-state index in [1.54, 1.807) is 0 Å². The fraction of sp³-hybridized carbons (Fsp3) is 0.900. The van der Waals surface area contributed by atoms with Gasteiger partial charge in [-0.25, -0.2) is 4.21 Å². The monoisotopic (exact) mass is 217 g/mol. The van der Waals surface area contributed by atoms with Crippen LogP contribution in [0.3, 0.4) is 0 Å². The molecule has 0 bridgehead atoms. The van der Waals surface area contributed by atoms with E-state index in [2.05, 4.69) is 0 Å². The summed E-state index contributed by atoms with van der Waals surface area (Å²) in [6.45, 7) is 5.75. The lowest BCUT2D eigenvalue weighted by Gasteiger charge is -2.34. The summed E-state index contributed by atoms with van der Waals surface area (Å²) in [5, 5.41) is 0. The van der Waals surface area contributed by atoms with Gasteiger partial charge in [-0.05, 0) is 12.8 Å². The van der Waals surface area contributed by atoms with Crippen molar-refractivity contribution < 1.29 is 9.00 Å². The molecule has 0 amide bonds. The zero-order valence-electron chi connectivity index (χ0n) is 9.13. The number of rotatable bonds is 2. The quantitative estimate of drug-likeness (QED) is 0.769. The molecule has 82 valence electrons. The number of hydrogen-bond donors (Lipinski definition) is 1. The topological polar surface area (TPSA) is 58.0 Å². The first-order valence-electron chi connectivity index (χ1n) is 5.05. The predicted octanol–water partition coefficient (Wildman–Crippen LogP) is 2.06. The highest BCUT2D eigenvalue weighted by Gasteiger charge is 2.38. The van der Waals surface area contributed by atoms with Gasteiger partial charge in [0.25, 0.3) is 0 Å². The lowest BCUT2D eigenvalue weighted by atomic mass is 9.76. The van der Waals surface area contributed by atoms with Crippen molar-refractivity contribution in [2.75, 3.05) is 11.5 Å². The molecule has 0 aromatic heterocycles. The van der Waals surface area contributed by atoms with Gasteiger partial charge in [0.05, 0.1) is 0 Å². The number of hydrogen-bond acceptors (Lipinski definition) is 3. The van der Waals surface area contributed by atoms with Gasteiger partial charge in [-0.3, -0.25) is 9.57 Å². The number of nitrogens with one attached hydrogen (secondary N) is 1. The van der Waals surface area contributed by atoms with E-state index in [0.717, 1.165) is 0 Å². The van der Waals surface area contributed by atoms with E-state index >= 15 is 0 Å². The van der Waals surface area contributed by atoms with Crippen LogP contribution in [0.4, 0.5) is 0 Å². The summed E-state index contributed by atoms with van der Waals surface area (Å²) in [5.74, 6) is 1.08. The maximum atomic E-state index is 11.9. The molecule has 1 saturated heterocycles. The molecular formula is C10H19NO2S. The van der Waals surface area contributed by atoms with Gasteiger partial charge >= 0.3 is 0 Å². The molecule has 1 fully saturated rings. The Morgan fingerprint density at radius 1 is 1.36 bits per heavy atom. The van der Waals surface area contributed by atoms with E-state index < -0.39 is 9.73 Å². The molecule has 0 atom stereocenters. The van der Waals surface area contributed by atoms with Gasteiger partial charge in [0, 0.05) is 32.6 Å². The van der Waals surface area contributed by atoms with Gasteiger partial charge < -0.3 is 0 Å². The van der Waals surface area contributed by atoms with Crippen LogP contribution in [0.15, 0.2) is 0 Å². The average Bonchev–Trinajstić information content (AvgIpc) is 2.09. The maximum absolute atomic E-state index is 11.9. The second-order valence-electron chi connectivity index (χ2n) is 4.80. The number of Topliss-reactive ketones (excluding diaryl/α,β-unsaturated/α-hetero) is 1. The number of ketones is 1. The first-order valence-corrected chi connectivity index (χ1v) is 6.95. The van der Waals surface area contributed by atoms with E-state index in [9.17, 15) is 9.00 Å². The Bertz CT molecular complexity index is 316. The van der Waals surface area contributed by atoms with E-state index in [1.165, 1.54) is 0 Å². The zero-order chi connectivity index (χ0) is 11.0. The Morgan fingerprint density at radius 2 is 1.79 bits per heavy atom. The second kappa shape index (κ2) is 3.65. The minimum Gasteiger partial charge on any atom is -0.299 e. The zero-order valence-corrected chi connectivity index (χ0v) is 9.95. The molecule has 0 aromatic carbocycles. The molecule has 1 heterocycles. The second-order valence-corrected chi connectivity index (χ2v) is 7.24. The van der Waals surface area contributed by atoms with Crippen molar-refractivity contribution >= 4 is 15.5 Å². The molecular weight excluding hydrogens is 198 g/mol. The van der Waals surface area contributed by atoms with E-state index in [-0.39, 0.29) is 17.1 Å². The first kappa shape index (κ1) is 11.7. The SMILES string of the molecule is CC(C)C(=O)C1(C)CCS(=N)(=O)CC1. The smallest absolute Gasteiger partial charge is 0.141 e. The summed E-state index contributed by atoms with van der Waals surface area (Å²) in [7, 11) is -2.37. The molecule has 1 N–H and O–H groups in total. The van der Waals surface area contributed by atoms with Crippen LogP contribution in [0.5, 0.6) is 0 Å². The third kappa shape index (κ3) is 2.35. The Morgan fingerprint density at radius 3 is 2.14 bits per heavy atom. The molecule has 0 saturated carbocycles. The van der Waals surface area contributed by atoms with Crippen molar-refractivity contribution in [1.29, 1.82) is 4.78 Å². The van der Waals surface area contributed by atoms with Gasteiger partial charge in [-0.15, -0.1) is 0 Å². The molecule has 0 aliphatic carbocycles. The fourth-order valence-corrected chi connectivity index (χ4v) is 3.72. The maximum Gasteiger partial charge on any atom is 0.141 e. The first-order chi connectivity index (χ1) is 6.27. The highest BCUT2D eigenvalue weighted by molar-refractivity contribution is 7.92. The summed E-state index contributed by atoms with van der Waals surface area (Å²) in [5.41, 5.74) is -0.323. The normalized spacial score (nSPS) is 38.6. The van der Waals surface area contributed by atoms with E-state index in [4.69, 9.17) is 4.78 Å². The summed E-state index contributed by atoms with van der Waals surface area (Å²) in [6.07, 6.45) is 1.23. The molecule has 0 unspecified atom stereocenters. The summed E-state index contributed by atoms with van der Waals surface area (Å²) < 4.78 is 18.9. The highest BCUT2D eigenvalue weighted by Crippen LogP contribution is 2.35. The summed E-state index contributed by atoms with van der Waals surface area (Å²) in [6, 6.07) is 0. The minimum atomic E-state index is -2.37. The Balaban J connectivity index is 2.76. The Labute approximate surface area is 86.2 Å². The van der Waals surface area contributed by atoms with Crippen LogP contribution in [0.2, 0.25) is 0 Å².